The Balaban J connectivity index is 1.38. The molecule has 0 spiro atoms. The minimum absolute atomic E-state index is 0.195. The molecule has 0 bridgehead atoms. The number of ketones is 1. The average Bonchev–Trinajstić information content (AvgIpc) is 3.04. The molecule has 0 aliphatic heterocycles. The summed E-state index contributed by atoms with van der Waals surface area (Å²) in [5, 5.41) is 0.680. The molecule has 4 fully saturated rings. The van der Waals surface area contributed by atoms with Crippen molar-refractivity contribution < 1.29 is 4.79 Å². The summed E-state index contributed by atoms with van der Waals surface area (Å²) in [7, 11) is 0. The lowest BCUT2D eigenvalue weighted by Crippen LogP contribution is -2.49. The second-order valence-electron chi connectivity index (χ2n) is 10.9. The molecule has 0 aromatic heterocycles. The van der Waals surface area contributed by atoms with Gasteiger partial charge in [-0.2, -0.15) is 0 Å². The summed E-state index contributed by atoms with van der Waals surface area (Å²) in [5.41, 5.74) is 1.03. The molecule has 0 saturated heterocycles. The lowest BCUT2D eigenvalue weighted by molar-refractivity contribution is -0.0634. The zero-order valence-corrected chi connectivity index (χ0v) is 18.3. The van der Waals surface area contributed by atoms with Gasteiger partial charge in [-0.15, -0.1) is 0 Å². The van der Waals surface area contributed by atoms with Crippen molar-refractivity contribution in [2.24, 2.45) is 46.8 Å². The molecule has 4 saturated carbocycles. The van der Waals surface area contributed by atoms with Crippen molar-refractivity contribution in [3.63, 3.8) is 0 Å². The van der Waals surface area contributed by atoms with Gasteiger partial charge >= 0.3 is 0 Å². The van der Waals surface area contributed by atoms with Crippen LogP contribution in [0, 0.1) is 46.8 Å². The Labute approximate surface area is 175 Å². The number of carbonyl (C=O) groups is 1. The third-order valence-electron chi connectivity index (χ3n) is 9.64. The van der Waals surface area contributed by atoms with Crippen LogP contribution < -0.4 is 0 Å². The van der Waals surface area contributed by atoms with Crippen LogP contribution in [0.5, 0.6) is 0 Å². The number of hydrogen-bond acceptors (Lipinski definition) is 1. The first kappa shape index (κ1) is 19.2. The van der Waals surface area contributed by atoms with Crippen molar-refractivity contribution in [2.45, 2.75) is 71.6 Å². The van der Waals surface area contributed by atoms with Gasteiger partial charge in [0.05, 0.1) is 0 Å². The molecule has 0 heterocycles. The van der Waals surface area contributed by atoms with Gasteiger partial charge in [0, 0.05) is 16.5 Å². The number of halogens is 1. The van der Waals surface area contributed by atoms with E-state index in [1.807, 2.05) is 24.3 Å². The van der Waals surface area contributed by atoms with Gasteiger partial charge in [-0.3, -0.25) is 4.79 Å². The second-order valence-corrected chi connectivity index (χ2v) is 11.3. The fourth-order valence-corrected chi connectivity index (χ4v) is 8.55. The summed E-state index contributed by atoms with van der Waals surface area (Å²) in [6.45, 7) is 4.92. The lowest BCUT2D eigenvalue weighted by Gasteiger charge is -2.56. The average molecular weight is 399 g/mol. The highest BCUT2D eigenvalue weighted by molar-refractivity contribution is 6.31. The SMILES string of the molecule is C[C@H]1CC[C@H]2C(CC[C@@H]3C2CCC2(C)C3CC[C@@H]2C(=O)c2cccc(Cl)c2)C1. The predicted octanol–water partition coefficient (Wildman–Crippen LogP) is 7.43. The first-order valence-corrected chi connectivity index (χ1v) is 12.1. The largest absolute Gasteiger partial charge is 0.294 e. The Hall–Kier alpha value is -0.820. The highest BCUT2D eigenvalue weighted by atomic mass is 35.5. The van der Waals surface area contributed by atoms with Crippen LogP contribution in [0.15, 0.2) is 24.3 Å². The molecule has 0 N–H and O–H groups in total. The highest BCUT2D eigenvalue weighted by Crippen LogP contribution is 2.64. The zero-order valence-electron chi connectivity index (χ0n) is 17.5. The van der Waals surface area contributed by atoms with Gasteiger partial charge in [-0.25, -0.2) is 0 Å². The van der Waals surface area contributed by atoms with Gasteiger partial charge in [0.15, 0.2) is 5.78 Å². The monoisotopic (exact) mass is 398 g/mol. The Kier molecular flexibility index (Phi) is 4.89. The molecule has 1 aromatic carbocycles. The van der Waals surface area contributed by atoms with E-state index in [-0.39, 0.29) is 11.3 Å². The number of Topliss-reactive ketones (excluding diaryl/α,β-unsaturated/α-hetero) is 1. The summed E-state index contributed by atoms with van der Waals surface area (Å²) >= 11 is 6.18. The number of benzene rings is 1. The molecule has 4 unspecified atom stereocenters. The lowest BCUT2D eigenvalue weighted by atomic mass is 9.49. The standard InChI is InChI=1S/C26H35ClO/c1-16-6-8-20-17(14-16)7-9-22-21(20)12-13-26(2)23(22)10-11-24(26)25(28)18-4-3-5-19(27)15-18/h3-5,15-17,20-24H,6-14H2,1-2H3/t16-,17?,20-,21?,22+,23?,24+,26?/m0/s1. The molecular formula is C26H35ClO. The molecule has 5 rings (SSSR count). The van der Waals surface area contributed by atoms with E-state index < -0.39 is 0 Å². The van der Waals surface area contributed by atoms with Gasteiger partial charge < -0.3 is 0 Å². The van der Waals surface area contributed by atoms with Crippen LogP contribution in [-0.4, -0.2) is 5.78 Å². The van der Waals surface area contributed by atoms with Crippen LogP contribution in [-0.2, 0) is 0 Å². The molecule has 8 atom stereocenters. The van der Waals surface area contributed by atoms with E-state index in [2.05, 4.69) is 13.8 Å². The fraction of sp³-hybridized carbons (Fsp3) is 0.731. The molecule has 4 aliphatic rings. The quantitative estimate of drug-likeness (QED) is 0.473. The number of rotatable bonds is 2. The summed E-state index contributed by atoms with van der Waals surface area (Å²) < 4.78 is 0. The Morgan fingerprint density at radius 3 is 2.64 bits per heavy atom. The molecule has 1 aromatic rings. The van der Waals surface area contributed by atoms with Crippen LogP contribution in [0.3, 0.4) is 0 Å². The van der Waals surface area contributed by atoms with Crippen LogP contribution in [0.4, 0.5) is 0 Å². The summed E-state index contributed by atoms with van der Waals surface area (Å²) in [5.74, 6) is 6.07. The van der Waals surface area contributed by atoms with Crippen molar-refractivity contribution >= 4 is 17.4 Å². The van der Waals surface area contributed by atoms with E-state index in [9.17, 15) is 4.79 Å². The smallest absolute Gasteiger partial charge is 0.166 e. The zero-order chi connectivity index (χ0) is 19.5. The Morgan fingerprint density at radius 1 is 1.00 bits per heavy atom. The molecule has 4 aliphatic carbocycles. The van der Waals surface area contributed by atoms with Crippen molar-refractivity contribution in [3.05, 3.63) is 34.9 Å². The fourth-order valence-electron chi connectivity index (χ4n) is 8.36. The van der Waals surface area contributed by atoms with E-state index in [4.69, 9.17) is 11.6 Å². The van der Waals surface area contributed by atoms with Crippen molar-refractivity contribution in [3.8, 4) is 0 Å². The van der Waals surface area contributed by atoms with Crippen molar-refractivity contribution in [2.75, 3.05) is 0 Å². The molecule has 2 heteroatoms. The maximum absolute atomic E-state index is 13.4. The molecule has 152 valence electrons. The summed E-state index contributed by atoms with van der Waals surface area (Å²) in [6, 6.07) is 7.63. The highest BCUT2D eigenvalue weighted by Gasteiger charge is 2.58. The third-order valence-corrected chi connectivity index (χ3v) is 9.88. The third kappa shape index (κ3) is 2.99. The number of fused-ring (bicyclic) bond motifs is 5. The molecule has 0 radical (unpaired) electrons. The molecule has 1 nitrogen and oxygen atoms in total. The van der Waals surface area contributed by atoms with E-state index in [1.54, 1.807) is 0 Å². The van der Waals surface area contributed by atoms with E-state index >= 15 is 0 Å². The first-order chi connectivity index (χ1) is 13.5. The number of carbonyl (C=O) groups excluding carboxylic acids is 1. The van der Waals surface area contributed by atoms with Crippen LogP contribution in [0.1, 0.15) is 82.0 Å². The number of hydrogen-bond donors (Lipinski definition) is 0. The van der Waals surface area contributed by atoms with Gasteiger partial charge in [-0.05, 0) is 104 Å². The minimum atomic E-state index is 0.195. The molecular weight excluding hydrogens is 364 g/mol. The second kappa shape index (κ2) is 7.15. The maximum atomic E-state index is 13.4. The van der Waals surface area contributed by atoms with Gasteiger partial charge in [-0.1, -0.05) is 44.0 Å². The normalized spacial score (nSPS) is 45.0. The predicted molar refractivity (Wildman–Crippen MR) is 116 cm³/mol. The van der Waals surface area contributed by atoms with Crippen LogP contribution in [0.25, 0.3) is 0 Å². The topological polar surface area (TPSA) is 17.1 Å². The van der Waals surface area contributed by atoms with Crippen molar-refractivity contribution in [1.29, 1.82) is 0 Å². The van der Waals surface area contributed by atoms with E-state index in [0.29, 0.717) is 10.8 Å². The van der Waals surface area contributed by atoms with E-state index in [1.165, 1.54) is 51.4 Å². The molecule has 28 heavy (non-hydrogen) atoms. The minimum Gasteiger partial charge on any atom is -0.294 e. The Bertz CT molecular complexity index is 757. The summed E-state index contributed by atoms with van der Waals surface area (Å²) in [6.07, 6.45) is 12.3. The van der Waals surface area contributed by atoms with Gasteiger partial charge in [0.25, 0.3) is 0 Å². The van der Waals surface area contributed by atoms with Gasteiger partial charge in [0.2, 0.25) is 0 Å². The van der Waals surface area contributed by atoms with E-state index in [0.717, 1.165) is 47.5 Å². The maximum Gasteiger partial charge on any atom is 0.166 e. The van der Waals surface area contributed by atoms with Crippen LogP contribution >= 0.6 is 11.6 Å². The first-order valence-electron chi connectivity index (χ1n) is 11.8. The molecule has 0 amide bonds. The van der Waals surface area contributed by atoms with Crippen LogP contribution in [0.2, 0.25) is 5.02 Å². The van der Waals surface area contributed by atoms with Crippen molar-refractivity contribution in [1.82, 2.24) is 0 Å². The Morgan fingerprint density at radius 2 is 1.82 bits per heavy atom. The summed E-state index contributed by atoms with van der Waals surface area (Å²) in [4.78, 5) is 13.4. The van der Waals surface area contributed by atoms with Gasteiger partial charge in [0.1, 0.15) is 0 Å².